The zero-order valence-electron chi connectivity index (χ0n) is 16.2. The van der Waals surface area contributed by atoms with Gasteiger partial charge in [0.15, 0.2) is 0 Å². The number of amides is 1. The summed E-state index contributed by atoms with van der Waals surface area (Å²) in [5.74, 6) is -1.66. The predicted molar refractivity (Wildman–Crippen MR) is 99.8 cm³/mol. The first-order chi connectivity index (χ1) is 13.9. The summed E-state index contributed by atoms with van der Waals surface area (Å²) in [7, 11) is 0. The summed E-state index contributed by atoms with van der Waals surface area (Å²) in [6.07, 6.45) is -0.215. The number of carbonyl (C=O) groups excluding carboxylic acids is 1. The molecule has 0 saturated carbocycles. The fraction of sp³-hybridized carbons (Fsp3) is 0.500. The highest BCUT2D eigenvalue weighted by molar-refractivity contribution is 5.81. The number of hydrogen-bond acceptors (Lipinski definition) is 5. The SMILES string of the molecule is Cc1cc(CN2CCO[C@]3(CO[C@H](C(=O)NCc4cc(F)cc(F)c4)C3)C2)n[nH]1. The molecule has 0 radical (unpaired) electrons. The van der Waals surface area contributed by atoms with Crippen LogP contribution < -0.4 is 5.32 Å². The Kier molecular flexibility index (Phi) is 5.62. The monoisotopic (exact) mass is 406 g/mol. The zero-order valence-corrected chi connectivity index (χ0v) is 16.2. The molecule has 2 aromatic rings. The number of ether oxygens (including phenoxy) is 2. The molecule has 1 aromatic heterocycles. The Bertz CT molecular complexity index is 870. The second-order valence-corrected chi connectivity index (χ2v) is 7.78. The molecule has 4 rings (SSSR count). The van der Waals surface area contributed by atoms with Gasteiger partial charge in [0.1, 0.15) is 23.3 Å². The largest absolute Gasteiger partial charge is 0.370 e. The van der Waals surface area contributed by atoms with E-state index in [0.29, 0.717) is 38.3 Å². The number of nitrogens with one attached hydrogen (secondary N) is 2. The number of nitrogens with zero attached hydrogens (tertiary/aromatic N) is 2. The molecular formula is C20H24F2N4O3. The number of H-pyrrole nitrogens is 1. The zero-order chi connectivity index (χ0) is 20.4. The summed E-state index contributed by atoms with van der Waals surface area (Å²) in [5, 5.41) is 9.91. The number of aryl methyl sites for hydroxylation is 1. The molecule has 2 fully saturated rings. The van der Waals surface area contributed by atoms with Crippen LogP contribution >= 0.6 is 0 Å². The van der Waals surface area contributed by atoms with Crippen molar-refractivity contribution in [2.75, 3.05) is 26.3 Å². The highest BCUT2D eigenvalue weighted by Gasteiger charge is 2.46. The average molecular weight is 406 g/mol. The van der Waals surface area contributed by atoms with Crippen LogP contribution in [-0.4, -0.2) is 59.0 Å². The molecule has 0 aliphatic carbocycles. The smallest absolute Gasteiger partial charge is 0.249 e. The van der Waals surface area contributed by atoms with Crippen molar-refractivity contribution in [2.45, 2.75) is 38.1 Å². The van der Waals surface area contributed by atoms with Crippen molar-refractivity contribution in [3.8, 4) is 0 Å². The molecule has 2 saturated heterocycles. The summed E-state index contributed by atoms with van der Waals surface area (Å²) >= 11 is 0. The lowest BCUT2D eigenvalue weighted by Crippen LogP contribution is -2.52. The van der Waals surface area contributed by atoms with E-state index in [-0.39, 0.29) is 12.5 Å². The molecule has 2 atom stereocenters. The number of rotatable bonds is 5. The summed E-state index contributed by atoms with van der Waals surface area (Å²) < 4.78 is 38.3. The number of aromatic amines is 1. The summed E-state index contributed by atoms with van der Waals surface area (Å²) in [6, 6.07) is 5.20. The highest BCUT2D eigenvalue weighted by Crippen LogP contribution is 2.32. The van der Waals surface area contributed by atoms with Crippen LogP contribution in [0.5, 0.6) is 0 Å². The van der Waals surface area contributed by atoms with Gasteiger partial charge in [-0.25, -0.2) is 8.78 Å². The Balaban J connectivity index is 1.31. The minimum atomic E-state index is -0.673. The normalized spacial score (nSPS) is 24.9. The van der Waals surface area contributed by atoms with Crippen LogP contribution in [0, 0.1) is 18.6 Å². The maximum atomic E-state index is 13.3. The Morgan fingerprint density at radius 1 is 1.34 bits per heavy atom. The molecule has 3 heterocycles. The maximum Gasteiger partial charge on any atom is 0.249 e. The van der Waals surface area contributed by atoms with Crippen LogP contribution in [-0.2, 0) is 27.4 Å². The van der Waals surface area contributed by atoms with Crippen molar-refractivity contribution >= 4 is 5.91 Å². The number of aromatic nitrogens is 2. The van der Waals surface area contributed by atoms with E-state index in [2.05, 4.69) is 20.4 Å². The van der Waals surface area contributed by atoms with Crippen molar-refractivity contribution in [3.63, 3.8) is 0 Å². The molecular weight excluding hydrogens is 382 g/mol. The standard InChI is InChI=1S/C20H24F2N4O3/c1-13-4-17(25-24-13)10-26-2-3-29-20(11-26)8-18(28-12-20)19(27)23-9-14-5-15(21)7-16(22)6-14/h4-7,18H,2-3,8-12H2,1H3,(H,23,27)(H,24,25)/t18-,20-/m0/s1. The minimum Gasteiger partial charge on any atom is -0.370 e. The molecule has 9 heteroatoms. The molecule has 7 nitrogen and oxygen atoms in total. The third-order valence-corrected chi connectivity index (χ3v) is 5.26. The van der Waals surface area contributed by atoms with Gasteiger partial charge in [-0.1, -0.05) is 0 Å². The predicted octanol–water partition coefficient (Wildman–Crippen LogP) is 1.67. The van der Waals surface area contributed by atoms with Gasteiger partial charge in [-0.15, -0.1) is 0 Å². The number of hydrogen-bond donors (Lipinski definition) is 2. The van der Waals surface area contributed by atoms with Crippen LogP contribution in [0.2, 0.25) is 0 Å². The fourth-order valence-corrected chi connectivity index (χ4v) is 3.95. The van der Waals surface area contributed by atoms with Crippen molar-refractivity contribution in [2.24, 2.45) is 0 Å². The molecule has 29 heavy (non-hydrogen) atoms. The summed E-state index contributed by atoms with van der Waals surface area (Å²) in [4.78, 5) is 14.7. The van der Waals surface area contributed by atoms with Gasteiger partial charge < -0.3 is 14.8 Å². The van der Waals surface area contributed by atoms with Crippen molar-refractivity contribution in [3.05, 3.63) is 52.9 Å². The van der Waals surface area contributed by atoms with Gasteiger partial charge in [0, 0.05) is 44.4 Å². The molecule has 1 aromatic carbocycles. The first kappa shape index (κ1) is 19.9. The molecule has 2 aliphatic heterocycles. The van der Waals surface area contributed by atoms with E-state index >= 15 is 0 Å². The number of halogens is 2. The van der Waals surface area contributed by atoms with Gasteiger partial charge in [0.2, 0.25) is 5.91 Å². The van der Waals surface area contributed by atoms with Crippen molar-refractivity contribution in [1.82, 2.24) is 20.4 Å². The number of carbonyl (C=O) groups is 1. The molecule has 1 amide bonds. The number of benzene rings is 1. The number of morpholine rings is 1. The van der Waals surface area contributed by atoms with E-state index in [1.807, 2.05) is 13.0 Å². The quantitative estimate of drug-likeness (QED) is 0.790. The Hall–Kier alpha value is -2.36. The first-order valence-corrected chi connectivity index (χ1v) is 9.62. The second kappa shape index (κ2) is 8.17. The van der Waals surface area contributed by atoms with Crippen molar-refractivity contribution in [1.29, 1.82) is 0 Å². The third-order valence-electron chi connectivity index (χ3n) is 5.26. The molecule has 2 aliphatic rings. The van der Waals surface area contributed by atoms with Crippen LogP contribution in [0.3, 0.4) is 0 Å². The summed E-state index contributed by atoms with van der Waals surface area (Å²) in [5.41, 5.74) is 1.81. The third kappa shape index (κ3) is 4.80. The van der Waals surface area contributed by atoms with E-state index in [1.54, 1.807) is 0 Å². The second-order valence-electron chi connectivity index (χ2n) is 7.78. The van der Waals surface area contributed by atoms with Crippen LogP contribution in [0.4, 0.5) is 8.78 Å². The van der Waals surface area contributed by atoms with Gasteiger partial charge in [-0.3, -0.25) is 14.8 Å². The van der Waals surface area contributed by atoms with E-state index < -0.39 is 23.3 Å². The van der Waals surface area contributed by atoms with E-state index in [0.717, 1.165) is 24.0 Å². The summed E-state index contributed by atoms with van der Waals surface area (Å²) in [6.45, 7) is 5.03. The Morgan fingerprint density at radius 3 is 2.86 bits per heavy atom. The lowest BCUT2D eigenvalue weighted by atomic mass is 9.97. The Morgan fingerprint density at radius 2 is 2.14 bits per heavy atom. The van der Waals surface area contributed by atoms with Crippen LogP contribution in [0.25, 0.3) is 0 Å². The van der Waals surface area contributed by atoms with Gasteiger partial charge in [0.25, 0.3) is 0 Å². The van der Waals surface area contributed by atoms with Gasteiger partial charge >= 0.3 is 0 Å². The van der Waals surface area contributed by atoms with Crippen LogP contribution in [0.1, 0.15) is 23.4 Å². The van der Waals surface area contributed by atoms with E-state index in [9.17, 15) is 13.6 Å². The minimum absolute atomic E-state index is 0.0336. The molecule has 2 N–H and O–H groups in total. The topological polar surface area (TPSA) is 79.5 Å². The molecule has 0 bridgehead atoms. The van der Waals surface area contributed by atoms with E-state index in [1.165, 1.54) is 12.1 Å². The van der Waals surface area contributed by atoms with Crippen molar-refractivity contribution < 1.29 is 23.0 Å². The van der Waals surface area contributed by atoms with Gasteiger partial charge in [-0.05, 0) is 30.7 Å². The first-order valence-electron chi connectivity index (χ1n) is 9.62. The lowest BCUT2D eigenvalue weighted by Gasteiger charge is -2.39. The lowest BCUT2D eigenvalue weighted by molar-refractivity contribution is -0.130. The van der Waals surface area contributed by atoms with E-state index in [4.69, 9.17) is 9.47 Å². The maximum absolute atomic E-state index is 13.3. The van der Waals surface area contributed by atoms with Gasteiger partial charge in [-0.2, -0.15) is 5.10 Å². The molecule has 1 spiro atoms. The Labute approximate surface area is 167 Å². The average Bonchev–Trinajstić information content (AvgIpc) is 3.25. The molecule has 0 unspecified atom stereocenters. The molecule has 156 valence electrons. The highest BCUT2D eigenvalue weighted by atomic mass is 19.1. The van der Waals surface area contributed by atoms with Gasteiger partial charge in [0.05, 0.1) is 18.9 Å². The fourth-order valence-electron chi connectivity index (χ4n) is 3.95. The van der Waals surface area contributed by atoms with Crippen LogP contribution in [0.15, 0.2) is 24.3 Å².